The number of halogens is 5. The van der Waals surface area contributed by atoms with E-state index in [0.717, 1.165) is 6.07 Å². The van der Waals surface area contributed by atoms with E-state index in [0.29, 0.717) is 27.9 Å². The largest absolute Gasteiger partial charge is 0.418 e. The van der Waals surface area contributed by atoms with Crippen molar-refractivity contribution in [3.05, 3.63) is 63.6 Å². The van der Waals surface area contributed by atoms with Crippen molar-refractivity contribution in [2.75, 3.05) is 17.6 Å². The van der Waals surface area contributed by atoms with Gasteiger partial charge in [0.25, 0.3) is 0 Å². The Balaban J connectivity index is 1.84. The van der Waals surface area contributed by atoms with Gasteiger partial charge in [-0.2, -0.15) is 13.2 Å². The Kier molecular flexibility index (Phi) is 5.60. The van der Waals surface area contributed by atoms with E-state index in [9.17, 15) is 18.0 Å². The number of hydrogen-bond acceptors (Lipinski definition) is 2. The zero-order valence-electron chi connectivity index (χ0n) is 13.2. The molecule has 26 heavy (non-hydrogen) atoms. The fourth-order valence-corrected chi connectivity index (χ4v) is 4.53. The molecule has 0 radical (unpaired) electrons. The van der Waals surface area contributed by atoms with E-state index in [-0.39, 0.29) is 5.69 Å². The molecule has 9 heteroatoms. The van der Waals surface area contributed by atoms with E-state index >= 15 is 0 Å². The molecule has 1 N–H and O–H groups in total. The monoisotopic (exact) mass is 420 g/mol. The van der Waals surface area contributed by atoms with Crippen molar-refractivity contribution in [1.82, 2.24) is 4.90 Å². The molecule has 0 bridgehead atoms. The minimum Gasteiger partial charge on any atom is -0.308 e. The van der Waals surface area contributed by atoms with Crippen molar-refractivity contribution >= 4 is 46.7 Å². The first-order valence-electron chi connectivity index (χ1n) is 7.58. The van der Waals surface area contributed by atoms with E-state index < -0.39 is 23.1 Å². The molecule has 1 unspecified atom stereocenters. The fraction of sp³-hybridized carbons (Fsp3) is 0.235. The number of alkyl halides is 3. The number of nitrogens with one attached hydrogen (secondary N) is 1. The summed E-state index contributed by atoms with van der Waals surface area (Å²) in [5, 5.41) is 2.86. The third kappa shape index (κ3) is 4.05. The van der Waals surface area contributed by atoms with Gasteiger partial charge >= 0.3 is 12.2 Å². The molecule has 1 heterocycles. The molecule has 1 fully saturated rings. The number of carbonyl (C=O) groups is 1. The highest BCUT2D eigenvalue weighted by Gasteiger charge is 2.36. The molecule has 0 spiro atoms. The van der Waals surface area contributed by atoms with E-state index in [1.807, 2.05) is 0 Å². The topological polar surface area (TPSA) is 32.3 Å². The average molecular weight is 421 g/mol. The number of rotatable bonds is 2. The van der Waals surface area contributed by atoms with Crippen LogP contribution in [-0.4, -0.2) is 23.2 Å². The van der Waals surface area contributed by atoms with Gasteiger partial charge in [-0.15, -0.1) is 11.8 Å². The van der Waals surface area contributed by atoms with Gasteiger partial charge in [-0.1, -0.05) is 41.4 Å². The van der Waals surface area contributed by atoms with Crippen LogP contribution in [0.2, 0.25) is 10.0 Å². The van der Waals surface area contributed by atoms with Gasteiger partial charge in [0.1, 0.15) is 5.37 Å². The summed E-state index contributed by atoms with van der Waals surface area (Å²) < 4.78 is 39.3. The van der Waals surface area contributed by atoms with Crippen LogP contribution < -0.4 is 5.32 Å². The van der Waals surface area contributed by atoms with Gasteiger partial charge in [0.15, 0.2) is 0 Å². The third-order valence-electron chi connectivity index (χ3n) is 3.85. The van der Waals surface area contributed by atoms with Crippen LogP contribution in [0.15, 0.2) is 42.5 Å². The molecule has 2 amide bonds. The van der Waals surface area contributed by atoms with Crippen LogP contribution in [-0.2, 0) is 6.18 Å². The number of benzene rings is 2. The van der Waals surface area contributed by atoms with Gasteiger partial charge in [0.05, 0.1) is 11.3 Å². The number of nitrogens with zero attached hydrogens (tertiary/aromatic N) is 1. The summed E-state index contributed by atoms with van der Waals surface area (Å²) in [4.78, 5) is 14.1. The maximum absolute atomic E-state index is 13.1. The maximum atomic E-state index is 13.1. The summed E-state index contributed by atoms with van der Waals surface area (Å²) in [7, 11) is 0. The summed E-state index contributed by atoms with van der Waals surface area (Å²) in [5.74, 6) is 0.651. The number of anilines is 1. The normalized spacial score (nSPS) is 17.4. The predicted molar refractivity (Wildman–Crippen MR) is 98.8 cm³/mol. The molecule has 1 atom stereocenters. The summed E-state index contributed by atoms with van der Waals surface area (Å²) in [6.45, 7) is 0.397. The molecule has 0 aliphatic carbocycles. The maximum Gasteiger partial charge on any atom is 0.418 e. The second kappa shape index (κ2) is 7.58. The second-order valence-electron chi connectivity index (χ2n) is 5.56. The molecule has 1 saturated heterocycles. The molecule has 0 saturated carbocycles. The third-order valence-corrected chi connectivity index (χ3v) is 5.66. The lowest BCUT2D eigenvalue weighted by atomic mass is 10.1. The van der Waals surface area contributed by atoms with Crippen molar-refractivity contribution in [2.24, 2.45) is 0 Å². The van der Waals surface area contributed by atoms with Crippen molar-refractivity contribution in [1.29, 1.82) is 0 Å². The number of hydrogen-bond donors (Lipinski definition) is 1. The standard InChI is InChI=1S/C17H13Cl2F3N2OS/c18-10-5-6-11(13(19)9-10)15-24(7-8-26-15)16(25)23-14-4-2-1-3-12(14)17(20,21)22/h1-6,9,15H,7-8H2,(H,23,25). The molecule has 3 rings (SSSR count). The highest BCUT2D eigenvalue weighted by molar-refractivity contribution is 7.99. The van der Waals surface area contributed by atoms with E-state index in [1.165, 1.54) is 34.9 Å². The minimum atomic E-state index is -4.55. The van der Waals surface area contributed by atoms with Gasteiger partial charge in [-0.3, -0.25) is 0 Å². The Labute approximate surface area is 162 Å². The zero-order chi connectivity index (χ0) is 18.9. The molecule has 1 aliphatic heterocycles. The Hall–Kier alpha value is -1.57. The van der Waals surface area contributed by atoms with Gasteiger partial charge in [-0.25, -0.2) is 4.79 Å². The molecule has 3 nitrogen and oxygen atoms in total. The number of para-hydroxylation sites is 1. The lowest BCUT2D eigenvalue weighted by Gasteiger charge is -2.26. The van der Waals surface area contributed by atoms with E-state index in [1.54, 1.807) is 18.2 Å². The molecule has 2 aromatic carbocycles. The van der Waals surface area contributed by atoms with Gasteiger partial charge < -0.3 is 10.2 Å². The number of thioether (sulfide) groups is 1. The van der Waals surface area contributed by atoms with Crippen LogP contribution in [0.1, 0.15) is 16.5 Å². The van der Waals surface area contributed by atoms with Crippen molar-refractivity contribution in [2.45, 2.75) is 11.6 Å². The summed E-state index contributed by atoms with van der Waals surface area (Å²) in [6, 6.07) is 9.23. The zero-order valence-corrected chi connectivity index (χ0v) is 15.5. The molecule has 0 aromatic heterocycles. The van der Waals surface area contributed by atoms with Crippen LogP contribution in [0.4, 0.5) is 23.7 Å². The van der Waals surface area contributed by atoms with Crippen LogP contribution in [0, 0.1) is 0 Å². The summed E-state index contributed by atoms with van der Waals surface area (Å²) in [5.41, 5.74) is -0.470. The first kappa shape index (κ1) is 19.2. The Morgan fingerprint density at radius 1 is 1.19 bits per heavy atom. The fourth-order valence-electron chi connectivity index (χ4n) is 2.66. The van der Waals surface area contributed by atoms with Crippen molar-refractivity contribution < 1.29 is 18.0 Å². The van der Waals surface area contributed by atoms with Crippen molar-refractivity contribution in [3.8, 4) is 0 Å². The molecule has 2 aromatic rings. The molecular formula is C17H13Cl2F3N2OS. The lowest BCUT2D eigenvalue weighted by molar-refractivity contribution is -0.136. The minimum absolute atomic E-state index is 0.275. The van der Waals surface area contributed by atoms with E-state index in [4.69, 9.17) is 23.2 Å². The Morgan fingerprint density at radius 3 is 2.62 bits per heavy atom. The van der Waals surface area contributed by atoms with E-state index in [2.05, 4.69) is 5.32 Å². The van der Waals surface area contributed by atoms with Crippen LogP contribution >= 0.6 is 35.0 Å². The number of carbonyl (C=O) groups excluding carboxylic acids is 1. The van der Waals surface area contributed by atoms with Gasteiger partial charge in [0, 0.05) is 27.9 Å². The molecular weight excluding hydrogens is 408 g/mol. The second-order valence-corrected chi connectivity index (χ2v) is 7.59. The summed E-state index contributed by atoms with van der Waals surface area (Å²) in [6.07, 6.45) is -4.55. The lowest BCUT2D eigenvalue weighted by Crippen LogP contribution is -2.35. The van der Waals surface area contributed by atoms with Gasteiger partial charge in [-0.05, 0) is 24.3 Å². The van der Waals surface area contributed by atoms with Crippen LogP contribution in [0.25, 0.3) is 0 Å². The van der Waals surface area contributed by atoms with Crippen molar-refractivity contribution in [3.63, 3.8) is 0 Å². The van der Waals surface area contributed by atoms with Gasteiger partial charge in [0.2, 0.25) is 0 Å². The average Bonchev–Trinajstić information content (AvgIpc) is 3.04. The smallest absolute Gasteiger partial charge is 0.308 e. The predicted octanol–water partition coefficient (Wildman–Crippen LogP) is 6.29. The highest BCUT2D eigenvalue weighted by Crippen LogP contribution is 2.42. The number of amides is 2. The molecule has 1 aliphatic rings. The highest BCUT2D eigenvalue weighted by atomic mass is 35.5. The number of urea groups is 1. The summed E-state index contributed by atoms with van der Waals surface area (Å²) >= 11 is 13.6. The molecule has 138 valence electrons. The van der Waals surface area contributed by atoms with Crippen LogP contribution in [0.3, 0.4) is 0 Å². The van der Waals surface area contributed by atoms with Crippen LogP contribution in [0.5, 0.6) is 0 Å². The quantitative estimate of drug-likeness (QED) is 0.618. The first-order chi connectivity index (χ1) is 12.3. The Bertz CT molecular complexity index is 832. The Morgan fingerprint density at radius 2 is 1.92 bits per heavy atom. The first-order valence-corrected chi connectivity index (χ1v) is 9.38. The SMILES string of the molecule is O=C(Nc1ccccc1C(F)(F)F)N1CCSC1c1ccc(Cl)cc1Cl.